The summed E-state index contributed by atoms with van der Waals surface area (Å²) in [5.41, 5.74) is 1.14. The molecule has 0 fully saturated rings. The van der Waals surface area contributed by atoms with Gasteiger partial charge in [0.05, 0.1) is 0 Å². The predicted octanol–water partition coefficient (Wildman–Crippen LogP) is 2.41. The Bertz CT molecular complexity index is 295. The van der Waals surface area contributed by atoms with Crippen LogP contribution in [0.25, 0.3) is 0 Å². The summed E-state index contributed by atoms with van der Waals surface area (Å²) in [6.45, 7) is 2.61. The second-order valence-corrected chi connectivity index (χ2v) is 3.52. The quantitative estimate of drug-likeness (QED) is 0.814. The molecule has 1 N–H and O–H groups in total. The standard InChI is InChI=1S/C11H14ClNO/c1-2-13-11(14)8-5-9-3-6-10(12)7-4-9/h3-4,6-7H,2,5,8H2,1H3,(H,13,14). The van der Waals surface area contributed by atoms with Gasteiger partial charge in [-0.2, -0.15) is 0 Å². The molecular weight excluding hydrogens is 198 g/mol. The molecule has 0 radical (unpaired) electrons. The highest BCUT2D eigenvalue weighted by Gasteiger charge is 2.00. The van der Waals surface area contributed by atoms with E-state index >= 15 is 0 Å². The first-order valence-electron chi connectivity index (χ1n) is 4.73. The summed E-state index contributed by atoms with van der Waals surface area (Å²) in [7, 11) is 0. The summed E-state index contributed by atoms with van der Waals surface area (Å²) < 4.78 is 0. The highest BCUT2D eigenvalue weighted by molar-refractivity contribution is 6.30. The summed E-state index contributed by atoms with van der Waals surface area (Å²) >= 11 is 5.74. The van der Waals surface area contributed by atoms with Crippen molar-refractivity contribution in [3.05, 3.63) is 34.9 Å². The fraction of sp³-hybridized carbons (Fsp3) is 0.364. The number of amides is 1. The summed E-state index contributed by atoms with van der Waals surface area (Å²) in [5.74, 6) is 0.0995. The van der Waals surface area contributed by atoms with Gasteiger partial charge >= 0.3 is 0 Å². The second-order valence-electron chi connectivity index (χ2n) is 3.08. The normalized spacial score (nSPS) is 9.86. The number of rotatable bonds is 4. The van der Waals surface area contributed by atoms with Crippen molar-refractivity contribution in [1.29, 1.82) is 0 Å². The van der Waals surface area contributed by atoms with Crippen LogP contribution in [0.3, 0.4) is 0 Å². The van der Waals surface area contributed by atoms with Gasteiger partial charge in [-0.15, -0.1) is 0 Å². The van der Waals surface area contributed by atoms with E-state index in [2.05, 4.69) is 5.32 Å². The minimum Gasteiger partial charge on any atom is -0.356 e. The number of carbonyl (C=O) groups excluding carboxylic acids is 1. The molecule has 0 unspecified atom stereocenters. The average Bonchev–Trinajstić information content (AvgIpc) is 2.17. The van der Waals surface area contributed by atoms with Crippen LogP contribution >= 0.6 is 11.6 Å². The molecule has 0 spiro atoms. The Morgan fingerprint density at radius 3 is 2.57 bits per heavy atom. The van der Waals surface area contributed by atoms with Gasteiger partial charge in [-0.1, -0.05) is 23.7 Å². The van der Waals surface area contributed by atoms with Crippen LogP contribution in [0.2, 0.25) is 5.02 Å². The Balaban J connectivity index is 2.38. The van der Waals surface area contributed by atoms with E-state index in [1.165, 1.54) is 0 Å². The van der Waals surface area contributed by atoms with Crippen molar-refractivity contribution in [3.63, 3.8) is 0 Å². The summed E-state index contributed by atoms with van der Waals surface area (Å²) in [4.78, 5) is 11.1. The molecular formula is C11H14ClNO. The monoisotopic (exact) mass is 211 g/mol. The summed E-state index contributed by atoms with van der Waals surface area (Å²) in [5, 5.41) is 3.49. The number of nitrogens with one attached hydrogen (secondary N) is 1. The largest absolute Gasteiger partial charge is 0.356 e. The fourth-order valence-electron chi connectivity index (χ4n) is 1.19. The molecule has 2 nitrogen and oxygen atoms in total. The van der Waals surface area contributed by atoms with E-state index in [1.54, 1.807) is 0 Å². The van der Waals surface area contributed by atoms with Crippen LogP contribution in [-0.2, 0) is 11.2 Å². The van der Waals surface area contributed by atoms with Gasteiger partial charge in [0.25, 0.3) is 0 Å². The summed E-state index contributed by atoms with van der Waals surface area (Å²) in [6, 6.07) is 7.58. The van der Waals surface area contributed by atoms with E-state index in [-0.39, 0.29) is 5.91 Å². The van der Waals surface area contributed by atoms with Crippen molar-refractivity contribution in [1.82, 2.24) is 5.32 Å². The second kappa shape index (κ2) is 5.66. The van der Waals surface area contributed by atoms with E-state index in [0.717, 1.165) is 17.0 Å². The number of benzene rings is 1. The van der Waals surface area contributed by atoms with Crippen LogP contribution in [0, 0.1) is 0 Å². The Hall–Kier alpha value is -1.02. The number of hydrogen-bond donors (Lipinski definition) is 1. The smallest absolute Gasteiger partial charge is 0.220 e. The Morgan fingerprint density at radius 2 is 2.00 bits per heavy atom. The number of carbonyl (C=O) groups is 1. The van der Waals surface area contributed by atoms with Gasteiger partial charge in [0.15, 0.2) is 0 Å². The molecule has 1 rings (SSSR count). The van der Waals surface area contributed by atoms with Crippen LogP contribution in [0.5, 0.6) is 0 Å². The van der Waals surface area contributed by atoms with Crippen molar-refractivity contribution in [2.24, 2.45) is 0 Å². The van der Waals surface area contributed by atoms with E-state index < -0.39 is 0 Å². The lowest BCUT2D eigenvalue weighted by Crippen LogP contribution is -2.22. The summed E-state index contributed by atoms with van der Waals surface area (Å²) in [6.07, 6.45) is 1.30. The third-order valence-corrected chi connectivity index (χ3v) is 2.18. The molecule has 76 valence electrons. The molecule has 0 atom stereocenters. The SMILES string of the molecule is CCNC(=O)CCc1ccc(Cl)cc1. The molecule has 0 heterocycles. The van der Waals surface area contributed by atoms with Gasteiger partial charge in [-0.3, -0.25) is 4.79 Å². The topological polar surface area (TPSA) is 29.1 Å². The lowest BCUT2D eigenvalue weighted by Gasteiger charge is -2.02. The maximum atomic E-state index is 11.1. The highest BCUT2D eigenvalue weighted by Crippen LogP contribution is 2.10. The predicted molar refractivity (Wildman–Crippen MR) is 58.5 cm³/mol. The van der Waals surface area contributed by atoms with E-state index in [4.69, 9.17) is 11.6 Å². The van der Waals surface area contributed by atoms with E-state index in [1.807, 2.05) is 31.2 Å². The zero-order chi connectivity index (χ0) is 10.4. The van der Waals surface area contributed by atoms with Gasteiger partial charge in [-0.05, 0) is 31.0 Å². The zero-order valence-corrected chi connectivity index (χ0v) is 8.97. The molecule has 0 aliphatic heterocycles. The number of halogens is 1. The maximum absolute atomic E-state index is 11.1. The van der Waals surface area contributed by atoms with Gasteiger partial charge < -0.3 is 5.32 Å². The molecule has 1 amide bonds. The average molecular weight is 212 g/mol. The van der Waals surface area contributed by atoms with Crippen molar-refractivity contribution in [3.8, 4) is 0 Å². The lowest BCUT2D eigenvalue weighted by molar-refractivity contribution is -0.120. The third-order valence-electron chi connectivity index (χ3n) is 1.93. The maximum Gasteiger partial charge on any atom is 0.220 e. The molecule has 0 saturated carbocycles. The lowest BCUT2D eigenvalue weighted by atomic mass is 10.1. The first-order valence-corrected chi connectivity index (χ1v) is 5.11. The molecule has 0 aliphatic carbocycles. The van der Waals surface area contributed by atoms with E-state index in [0.29, 0.717) is 13.0 Å². The Kier molecular flexibility index (Phi) is 4.47. The third kappa shape index (κ3) is 3.79. The van der Waals surface area contributed by atoms with Crippen LogP contribution < -0.4 is 5.32 Å². The minimum atomic E-state index is 0.0995. The molecule has 1 aromatic carbocycles. The molecule has 0 aromatic heterocycles. The molecule has 1 aromatic rings. The highest BCUT2D eigenvalue weighted by atomic mass is 35.5. The van der Waals surface area contributed by atoms with Crippen molar-refractivity contribution >= 4 is 17.5 Å². The molecule has 0 aliphatic rings. The first kappa shape index (κ1) is 11.1. The number of hydrogen-bond acceptors (Lipinski definition) is 1. The molecule has 0 bridgehead atoms. The number of aryl methyl sites for hydroxylation is 1. The van der Waals surface area contributed by atoms with Gasteiger partial charge in [0.2, 0.25) is 5.91 Å². The van der Waals surface area contributed by atoms with Crippen molar-refractivity contribution in [2.45, 2.75) is 19.8 Å². The van der Waals surface area contributed by atoms with Crippen molar-refractivity contribution in [2.75, 3.05) is 6.54 Å². The zero-order valence-electron chi connectivity index (χ0n) is 8.22. The van der Waals surface area contributed by atoms with Gasteiger partial charge in [0, 0.05) is 18.0 Å². The van der Waals surface area contributed by atoms with Crippen LogP contribution in [-0.4, -0.2) is 12.5 Å². The molecule has 0 saturated heterocycles. The van der Waals surface area contributed by atoms with E-state index in [9.17, 15) is 4.79 Å². The Labute approximate surface area is 89.3 Å². The van der Waals surface area contributed by atoms with Crippen LogP contribution in [0.4, 0.5) is 0 Å². The molecule has 3 heteroatoms. The molecule has 14 heavy (non-hydrogen) atoms. The van der Waals surface area contributed by atoms with Gasteiger partial charge in [-0.25, -0.2) is 0 Å². The fourth-order valence-corrected chi connectivity index (χ4v) is 1.32. The van der Waals surface area contributed by atoms with Crippen molar-refractivity contribution < 1.29 is 4.79 Å². The minimum absolute atomic E-state index is 0.0995. The Morgan fingerprint density at radius 1 is 1.36 bits per heavy atom. The van der Waals surface area contributed by atoms with Crippen LogP contribution in [0.15, 0.2) is 24.3 Å². The van der Waals surface area contributed by atoms with Crippen LogP contribution in [0.1, 0.15) is 18.9 Å². The van der Waals surface area contributed by atoms with Gasteiger partial charge in [0.1, 0.15) is 0 Å². The first-order chi connectivity index (χ1) is 6.72.